The number of oxime groups is 1. The van der Waals surface area contributed by atoms with Gasteiger partial charge in [-0.2, -0.15) is 0 Å². The molecular formula is C15H18N2O. The smallest absolute Gasteiger partial charge is 0.164 e. The molecule has 18 heavy (non-hydrogen) atoms. The second kappa shape index (κ2) is 3.35. The standard InChI is InChI=1S/C15H18N2O/c1-3-11-13-14(10-7-5-4-6-8-10)16-18-15(13)9-12(15)17(11)2/h4-8,11-13H,3,9H2,1-2H3. The Morgan fingerprint density at radius 3 is 2.89 bits per heavy atom. The molecule has 0 bridgehead atoms. The Balaban J connectivity index is 1.75. The van der Waals surface area contributed by atoms with Crippen LogP contribution in [-0.2, 0) is 4.84 Å². The molecule has 94 valence electrons. The van der Waals surface area contributed by atoms with Crippen molar-refractivity contribution < 1.29 is 4.84 Å². The Morgan fingerprint density at radius 2 is 2.17 bits per heavy atom. The largest absolute Gasteiger partial charge is 0.386 e. The first-order valence-electron chi connectivity index (χ1n) is 6.81. The van der Waals surface area contributed by atoms with Gasteiger partial charge in [0.15, 0.2) is 5.60 Å². The highest BCUT2D eigenvalue weighted by Crippen LogP contribution is 2.61. The van der Waals surface area contributed by atoms with E-state index in [-0.39, 0.29) is 5.60 Å². The SMILES string of the molecule is CCC1C2C(c3ccccc3)=NOC23CC3N1C. The highest BCUT2D eigenvalue weighted by atomic mass is 16.7. The molecule has 1 aromatic carbocycles. The van der Waals surface area contributed by atoms with Crippen molar-refractivity contribution in [3.05, 3.63) is 35.9 Å². The number of likely N-dealkylation sites (N-methyl/N-ethyl adjacent to an activating group) is 1. The topological polar surface area (TPSA) is 24.8 Å². The molecule has 3 aliphatic rings. The quantitative estimate of drug-likeness (QED) is 0.794. The average molecular weight is 242 g/mol. The lowest BCUT2D eigenvalue weighted by Gasteiger charge is -2.26. The van der Waals surface area contributed by atoms with Gasteiger partial charge in [0.2, 0.25) is 0 Å². The predicted molar refractivity (Wildman–Crippen MR) is 70.5 cm³/mol. The van der Waals surface area contributed by atoms with Crippen molar-refractivity contribution in [2.45, 2.75) is 37.5 Å². The van der Waals surface area contributed by atoms with Gasteiger partial charge in [-0.25, -0.2) is 0 Å². The van der Waals surface area contributed by atoms with Crippen molar-refractivity contribution in [1.29, 1.82) is 0 Å². The highest BCUT2D eigenvalue weighted by molar-refractivity contribution is 6.04. The normalized spacial score (nSPS) is 41.0. The van der Waals surface area contributed by atoms with Crippen LogP contribution in [0.2, 0.25) is 0 Å². The molecule has 4 rings (SSSR count). The first kappa shape index (κ1) is 10.6. The maximum atomic E-state index is 5.85. The Morgan fingerprint density at radius 1 is 1.39 bits per heavy atom. The maximum absolute atomic E-state index is 5.85. The van der Waals surface area contributed by atoms with E-state index in [4.69, 9.17) is 4.84 Å². The zero-order valence-corrected chi connectivity index (χ0v) is 10.8. The molecule has 0 aromatic heterocycles. The molecule has 3 heteroatoms. The van der Waals surface area contributed by atoms with Crippen LogP contribution in [0, 0.1) is 5.92 Å². The Labute approximate surface area is 107 Å². The van der Waals surface area contributed by atoms with Crippen molar-refractivity contribution in [3.8, 4) is 0 Å². The number of hydrogen-bond acceptors (Lipinski definition) is 3. The summed E-state index contributed by atoms with van der Waals surface area (Å²) in [4.78, 5) is 8.36. The van der Waals surface area contributed by atoms with E-state index in [0.29, 0.717) is 18.0 Å². The van der Waals surface area contributed by atoms with E-state index in [1.54, 1.807) is 0 Å². The number of hydrogen-bond donors (Lipinski definition) is 0. The molecule has 1 saturated heterocycles. The van der Waals surface area contributed by atoms with Gasteiger partial charge in [-0.05, 0) is 19.0 Å². The molecule has 1 aromatic rings. The van der Waals surface area contributed by atoms with Gasteiger partial charge < -0.3 is 4.84 Å². The molecule has 2 aliphatic heterocycles. The molecule has 3 nitrogen and oxygen atoms in total. The fourth-order valence-electron chi connectivity index (χ4n) is 3.98. The van der Waals surface area contributed by atoms with Crippen LogP contribution in [0.4, 0.5) is 0 Å². The molecule has 4 atom stereocenters. The number of rotatable bonds is 2. The Bertz CT molecular complexity index is 512. The molecular weight excluding hydrogens is 224 g/mol. The van der Waals surface area contributed by atoms with Gasteiger partial charge in [-0.15, -0.1) is 0 Å². The summed E-state index contributed by atoms with van der Waals surface area (Å²) in [5.74, 6) is 0.458. The first-order valence-corrected chi connectivity index (χ1v) is 6.81. The van der Waals surface area contributed by atoms with Gasteiger partial charge in [-0.3, -0.25) is 4.90 Å². The zero-order chi connectivity index (χ0) is 12.3. The van der Waals surface area contributed by atoms with Crippen molar-refractivity contribution in [1.82, 2.24) is 4.90 Å². The third-order valence-electron chi connectivity index (χ3n) is 4.94. The molecule has 2 fully saturated rings. The minimum absolute atomic E-state index is 0.0145. The average Bonchev–Trinajstić information content (AvgIpc) is 2.92. The predicted octanol–water partition coefficient (Wildman–Crippen LogP) is 2.27. The van der Waals surface area contributed by atoms with Gasteiger partial charge in [0.25, 0.3) is 0 Å². The monoisotopic (exact) mass is 242 g/mol. The highest BCUT2D eigenvalue weighted by Gasteiger charge is 2.75. The zero-order valence-electron chi connectivity index (χ0n) is 10.8. The van der Waals surface area contributed by atoms with Crippen LogP contribution < -0.4 is 0 Å². The molecule has 2 heterocycles. The summed E-state index contributed by atoms with van der Waals surface area (Å²) in [7, 11) is 2.23. The van der Waals surface area contributed by atoms with Crippen LogP contribution in [0.1, 0.15) is 25.3 Å². The molecule has 0 amide bonds. The van der Waals surface area contributed by atoms with Gasteiger partial charge in [0, 0.05) is 12.5 Å². The molecule has 1 aliphatic carbocycles. The molecule has 0 N–H and O–H groups in total. The van der Waals surface area contributed by atoms with Gasteiger partial charge in [0.05, 0.1) is 17.7 Å². The third-order valence-corrected chi connectivity index (χ3v) is 4.94. The Hall–Kier alpha value is -1.35. The number of piperidine rings is 1. The maximum Gasteiger partial charge on any atom is 0.164 e. The van der Waals surface area contributed by atoms with Crippen LogP contribution in [0.25, 0.3) is 0 Å². The van der Waals surface area contributed by atoms with E-state index in [1.165, 1.54) is 5.56 Å². The summed E-state index contributed by atoms with van der Waals surface area (Å²) < 4.78 is 0. The first-order chi connectivity index (χ1) is 8.78. The van der Waals surface area contributed by atoms with Gasteiger partial charge >= 0.3 is 0 Å². The van der Waals surface area contributed by atoms with Crippen molar-refractivity contribution >= 4 is 5.71 Å². The minimum Gasteiger partial charge on any atom is -0.386 e. The summed E-state index contributed by atoms with van der Waals surface area (Å²) in [6, 6.07) is 11.6. The van der Waals surface area contributed by atoms with E-state index < -0.39 is 0 Å². The van der Waals surface area contributed by atoms with Crippen molar-refractivity contribution in [3.63, 3.8) is 0 Å². The fraction of sp³-hybridized carbons (Fsp3) is 0.533. The van der Waals surface area contributed by atoms with E-state index in [0.717, 1.165) is 18.6 Å². The van der Waals surface area contributed by atoms with Crippen LogP contribution in [0.3, 0.4) is 0 Å². The molecule has 0 radical (unpaired) electrons. The lowest BCUT2D eigenvalue weighted by Crippen LogP contribution is -2.37. The molecule has 4 unspecified atom stereocenters. The number of benzene rings is 1. The summed E-state index contributed by atoms with van der Waals surface area (Å²) in [6.07, 6.45) is 2.30. The Kier molecular flexibility index (Phi) is 1.97. The van der Waals surface area contributed by atoms with Crippen LogP contribution in [0.15, 0.2) is 35.5 Å². The van der Waals surface area contributed by atoms with Crippen LogP contribution in [0.5, 0.6) is 0 Å². The summed E-state index contributed by atoms with van der Waals surface area (Å²) >= 11 is 0. The summed E-state index contributed by atoms with van der Waals surface area (Å²) in [5, 5.41) is 4.43. The van der Waals surface area contributed by atoms with Crippen molar-refractivity contribution in [2.75, 3.05) is 7.05 Å². The van der Waals surface area contributed by atoms with Crippen LogP contribution >= 0.6 is 0 Å². The van der Waals surface area contributed by atoms with Crippen molar-refractivity contribution in [2.24, 2.45) is 11.1 Å². The van der Waals surface area contributed by atoms with Crippen LogP contribution in [-0.4, -0.2) is 35.3 Å². The lowest BCUT2D eigenvalue weighted by atomic mass is 9.85. The minimum atomic E-state index is 0.0145. The van der Waals surface area contributed by atoms with E-state index >= 15 is 0 Å². The van der Waals surface area contributed by atoms with Gasteiger partial charge in [0.1, 0.15) is 0 Å². The lowest BCUT2D eigenvalue weighted by molar-refractivity contribution is 0.0445. The number of likely N-dealkylation sites (tertiary alicyclic amines) is 1. The van der Waals surface area contributed by atoms with E-state index in [1.807, 2.05) is 6.07 Å². The number of nitrogens with zero attached hydrogens (tertiary/aromatic N) is 2. The molecule has 1 spiro atoms. The van der Waals surface area contributed by atoms with E-state index in [2.05, 4.69) is 48.3 Å². The third kappa shape index (κ3) is 1.11. The summed E-state index contributed by atoms with van der Waals surface area (Å²) in [5.41, 5.74) is 2.40. The van der Waals surface area contributed by atoms with E-state index in [9.17, 15) is 0 Å². The second-order valence-corrected chi connectivity index (χ2v) is 5.73. The second-order valence-electron chi connectivity index (χ2n) is 5.73. The fourth-order valence-corrected chi connectivity index (χ4v) is 3.98. The molecule has 1 saturated carbocycles. The summed E-state index contributed by atoms with van der Waals surface area (Å²) in [6.45, 7) is 2.26. The van der Waals surface area contributed by atoms with Gasteiger partial charge in [-0.1, -0.05) is 42.4 Å².